The molecule has 0 fully saturated rings. The zero-order valence-corrected chi connectivity index (χ0v) is 34.9. The smallest absolute Gasteiger partial charge is 0.263 e. The topological polar surface area (TPSA) is 36.8 Å². The van der Waals surface area contributed by atoms with Gasteiger partial charge < -0.3 is 5.32 Å². The molecule has 4 atom stereocenters. The second kappa shape index (κ2) is 20.3. The Hall–Kier alpha value is -3.25. The number of hydrogen-bond donors (Lipinski definition) is 1. The van der Waals surface area contributed by atoms with Gasteiger partial charge in [0.05, 0.1) is 6.04 Å². The van der Waals surface area contributed by atoms with Crippen molar-refractivity contribution in [2.45, 2.75) is 138 Å². The third-order valence-corrected chi connectivity index (χ3v) is 12.0. The molecule has 6 heteroatoms. The van der Waals surface area contributed by atoms with E-state index in [2.05, 4.69) is 123 Å². The average Bonchev–Trinajstić information content (AvgIpc) is 3.14. The minimum absolute atomic E-state index is 0.0696. The standard InChI is InChI=1S/C27H43F2N.C19H22N2S/c1-9-17-27(8,18-16-19(4)10-2)22(7)30-21(6)25(20(5)11-3)23-12-14-24(15-13-23)26(28)29;1-12-9-18-13(2)17(14(3)20-11-12)10-19(21-18)15-5-7-16(22-4)8-6-15/h12-15,19-20,26H,9-11,16-18H2,1-8H3;5-8,10-11,18,21H,9H2,1-4H3/b25-21+,30-22?;12-11+,20-14?. The molecule has 4 unspecified atom stereocenters. The highest BCUT2D eigenvalue weighted by molar-refractivity contribution is 7.98. The maximum absolute atomic E-state index is 13.0. The number of allylic oxidation sites excluding steroid dienone is 4. The molecule has 0 aromatic heterocycles. The number of alkyl halides is 2. The summed E-state index contributed by atoms with van der Waals surface area (Å²) in [5, 5.41) is 3.71. The number of halogens is 2. The Bertz CT molecular complexity index is 1660. The molecule has 3 nitrogen and oxygen atoms in total. The molecule has 2 aromatic rings. The van der Waals surface area contributed by atoms with Gasteiger partial charge in [0.15, 0.2) is 0 Å². The molecular formula is C46H65F2N3S. The Morgan fingerprint density at radius 2 is 1.62 bits per heavy atom. The highest BCUT2D eigenvalue weighted by Crippen LogP contribution is 2.36. The maximum atomic E-state index is 13.0. The van der Waals surface area contributed by atoms with E-state index >= 15 is 0 Å². The summed E-state index contributed by atoms with van der Waals surface area (Å²) in [4.78, 5) is 11.0. The minimum atomic E-state index is -2.43. The summed E-state index contributed by atoms with van der Waals surface area (Å²) in [6, 6.07) is 15.8. The third kappa shape index (κ3) is 11.6. The van der Waals surface area contributed by atoms with Crippen molar-refractivity contribution in [1.29, 1.82) is 0 Å². The van der Waals surface area contributed by atoms with E-state index in [9.17, 15) is 8.78 Å². The molecule has 2 aliphatic heterocycles. The number of nitrogens with zero attached hydrogens (tertiary/aromatic N) is 2. The largest absolute Gasteiger partial charge is 0.378 e. The summed E-state index contributed by atoms with van der Waals surface area (Å²) >= 11 is 1.77. The average molecular weight is 730 g/mol. The number of rotatable bonds is 14. The van der Waals surface area contributed by atoms with Gasteiger partial charge in [0.2, 0.25) is 0 Å². The third-order valence-electron chi connectivity index (χ3n) is 11.2. The first-order valence-corrected chi connectivity index (χ1v) is 20.6. The molecule has 1 N–H and O–H groups in total. The number of dihydropyridines is 1. The van der Waals surface area contributed by atoms with Gasteiger partial charge in [-0.2, -0.15) is 0 Å². The van der Waals surface area contributed by atoms with Crippen molar-refractivity contribution < 1.29 is 8.78 Å². The SMILES string of the molecule is CCCC(C)(CCC(C)CC)C(C)=N/C(C)=C(/c1ccc(C(F)F)cc1)C(C)CC.CSc1ccc(C2=CC3=C(C)C(C/C(C)=C/N=C3C)N2)cc1. The van der Waals surface area contributed by atoms with Crippen LogP contribution in [0.3, 0.4) is 0 Å². The van der Waals surface area contributed by atoms with Crippen molar-refractivity contribution >= 4 is 34.5 Å². The quantitative estimate of drug-likeness (QED) is 0.155. The molecular weight excluding hydrogens is 665 g/mol. The molecule has 0 spiro atoms. The fourth-order valence-corrected chi connectivity index (χ4v) is 7.49. The molecule has 2 heterocycles. The Morgan fingerprint density at radius 1 is 0.962 bits per heavy atom. The Morgan fingerprint density at radius 3 is 2.17 bits per heavy atom. The summed E-state index contributed by atoms with van der Waals surface area (Å²) in [6.45, 7) is 24.3. The van der Waals surface area contributed by atoms with Gasteiger partial charge in [-0.15, -0.1) is 11.8 Å². The van der Waals surface area contributed by atoms with Gasteiger partial charge in [-0.1, -0.05) is 96.4 Å². The number of nitrogens with one attached hydrogen (secondary N) is 1. The normalized spacial score (nSPS) is 20.1. The van der Waals surface area contributed by atoms with Gasteiger partial charge >= 0.3 is 0 Å². The summed E-state index contributed by atoms with van der Waals surface area (Å²) in [5.74, 6) is 1.05. The van der Waals surface area contributed by atoms with E-state index in [0.717, 1.165) is 55.0 Å². The van der Waals surface area contributed by atoms with Crippen LogP contribution in [0.2, 0.25) is 0 Å². The first kappa shape index (κ1) is 43.2. The lowest BCUT2D eigenvalue weighted by molar-refractivity contribution is 0.151. The summed E-state index contributed by atoms with van der Waals surface area (Å²) < 4.78 is 26.0. The lowest BCUT2D eigenvalue weighted by Gasteiger charge is -2.31. The van der Waals surface area contributed by atoms with Crippen LogP contribution in [0.4, 0.5) is 8.78 Å². The van der Waals surface area contributed by atoms with Gasteiger partial charge in [-0.25, -0.2) is 8.78 Å². The monoisotopic (exact) mass is 729 g/mol. The second-order valence-corrected chi connectivity index (χ2v) is 16.1. The van der Waals surface area contributed by atoms with E-state index < -0.39 is 6.43 Å². The zero-order chi connectivity index (χ0) is 38.6. The summed E-state index contributed by atoms with van der Waals surface area (Å²) in [6.07, 6.45) is 11.8. The van der Waals surface area contributed by atoms with Crippen LogP contribution in [0.1, 0.15) is 144 Å². The predicted octanol–water partition coefficient (Wildman–Crippen LogP) is 14.3. The summed E-state index contributed by atoms with van der Waals surface area (Å²) in [7, 11) is 0. The van der Waals surface area contributed by atoms with Gasteiger partial charge in [0.25, 0.3) is 6.43 Å². The first-order chi connectivity index (χ1) is 24.7. The van der Waals surface area contributed by atoms with E-state index in [-0.39, 0.29) is 11.0 Å². The van der Waals surface area contributed by atoms with Crippen LogP contribution in [-0.2, 0) is 0 Å². The van der Waals surface area contributed by atoms with Crippen LogP contribution in [0.25, 0.3) is 11.3 Å². The molecule has 0 saturated carbocycles. The molecule has 4 rings (SSSR count). The molecule has 2 bridgehead atoms. The van der Waals surface area contributed by atoms with Crippen LogP contribution in [0, 0.1) is 17.3 Å². The predicted molar refractivity (Wildman–Crippen MR) is 226 cm³/mol. The zero-order valence-electron chi connectivity index (χ0n) is 34.1. The van der Waals surface area contributed by atoms with Crippen LogP contribution in [0.15, 0.2) is 98.1 Å². The van der Waals surface area contributed by atoms with E-state index in [4.69, 9.17) is 4.99 Å². The van der Waals surface area contributed by atoms with Gasteiger partial charge in [-0.3, -0.25) is 9.98 Å². The van der Waals surface area contributed by atoms with Crippen molar-refractivity contribution in [3.8, 4) is 0 Å². The molecule has 2 aliphatic rings. The van der Waals surface area contributed by atoms with Gasteiger partial charge in [0.1, 0.15) is 0 Å². The lowest BCUT2D eigenvalue weighted by atomic mass is 9.75. The second-order valence-electron chi connectivity index (χ2n) is 15.3. The number of aliphatic imine (C=N–C) groups is 2. The Balaban J connectivity index is 0.000000292. The lowest BCUT2D eigenvalue weighted by Crippen LogP contribution is -2.34. The fraction of sp³-hybridized carbons (Fsp3) is 0.522. The van der Waals surface area contributed by atoms with Crippen molar-refractivity contribution in [3.05, 3.63) is 99.9 Å². The molecule has 0 aliphatic carbocycles. The highest BCUT2D eigenvalue weighted by Gasteiger charge is 2.28. The Kier molecular flexibility index (Phi) is 16.8. The first-order valence-electron chi connectivity index (χ1n) is 19.4. The maximum Gasteiger partial charge on any atom is 0.263 e. The summed E-state index contributed by atoms with van der Waals surface area (Å²) in [5.41, 5.74) is 12.0. The van der Waals surface area contributed by atoms with E-state index in [1.165, 1.54) is 57.0 Å². The van der Waals surface area contributed by atoms with Crippen LogP contribution >= 0.6 is 11.8 Å². The van der Waals surface area contributed by atoms with E-state index in [1.807, 2.05) is 18.3 Å². The fourth-order valence-electron chi connectivity index (χ4n) is 7.08. The van der Waals surface area contributed by atoms with Crippen LogP contribution in [-0.4, -0.2) is 23.7 Å². The van der Waals surface area contributed by atoms with E-state index in [1.54, 1.807) is 23.9 Å². The number of fused-ring (bicyclic) bond motifs is 1. The molecule has 2 aromatic carbocycles. The molecule has 0 amide bonds. The Labute approximate surface area is 319 Å². The van der Waals surface area contributed by atoms with Crippen molar-refractivity contribution in [2.24, 2.45) is 27.2 Å². The highest BCUT2D eigenvalue weighted by atomic mass is 32.2. The van der Waals surface area contributed by atoms with E-state index in [0.29, 0.717) is 12.0 Å². The van der Waals surface area contributed by atoms with Crippen LogP contribution in [0.5, 0.6) is 0 Å². The molecule has 0 radical (unpaired) electrons. The molecule has 0 saturated heterocycles. The van der Waals surface area contributed by atoms with Gasteiger partial charge in [-0.05, 0) is 131 Å². The van der Waals surface area contributed by atoms with Crippen LogP contribution < -0.4 is 5.32 Å². The number of benzene rings is 2. The minimum Gasteiger partial charge on any atom is -0.378 e. The number of thioether (sulfide) groups is 1. The van der Waals surface area contributed by atoms with Crippen molar-refractivity contribution in [1.82, 2.24) is 5.32 Å². The molecule has 284 valence electrons. The number of hydrogen-bond acceptors (Lipinski definition) is 4. The van der Waals surface area contributed by atoms with Crippen molar-refractivity contribution in [3.63, 3.8) is 0 Å². The van der Waals surface area contributed by atoms with Crippen molar-refractivity contribution in [2.75, 3.05) is 6.26 Å². The van der Waals surface area contributed by atoms with Gasteiger partial charge in [0, 0.05) is 44.9 Å². The molecule has 52 heavy (non-hydrogen) atoms.